The summed E-state index contributed by atoms with van der Waals surface area (Å²) in [6.45, 7) is 7.48. The Morgan fingerprint density at radius 1 is 1.38 bits per heavy atom. The summed E-state index contributed by atoms with van der Waals surface area (Å²) in [6, 6.07) is 6.99. The molecule has 0 aliphatic carbocycles. The van der Waals surface area contributed by atoms with Gasteiger partial charge < -0.3 is 10.1 Å². The van der Waals surface area contributed by atoms with Gasteiger partial charge in [-0.05, 0) is 24.6 Å². The van der Waals surface area contributed by atoms with E-state index in [1.165, 1.54) is 11.1 Å². The third-order valence-electron chi connectivity index (χ3n) is 3.42. The second kappa shape index (κ2) is 4.46. The minimum absolute atomic E-state index is 0.419. The smallest absolute Gasteiger partial charge is 0.124 e. The highest BCUT2D eigenvalue weighted by Crippen LogP contribution is 2.36. The first-order valence-corrected chi connectivity index (χ1v) is 6.07. The molecular formula is C14H21NO. The van der Waals surface area contributed by atoms with Crippen LogP contribution in [0.15, 0.2) is 18.2 Å². The van der Waals surface area contributed by atoms with E-state index < -0.39 is 0 Å². The van der Waals surface area contributed by atoms with Gasteiger partial charge >= 0.3 is 0 Å². The summed E-state index contributed by atoms with van der Waals surface area (Å²) in [6.07, 6.45) is 0. The van der Waals surface area contributed by atoms with Gasteiger partial charge in [-0.2, -0.15) is 0 Å². The molecule has 0 spiro atoms. The first-order valence-electron chi connectivity index (χ1n) is 6.07. The Morgan fingerprint density at radius 2 is 2.12 bits per heavy atom. The highest BCUT2D eigenvalue weighted by molar-refractivity contribution is 5.42. The lowest BCUT2D eigenvalue weighted by Gasteiger charge is -2.31. The molecule has 0 amide bonds. The Bertz CT molecular complexity index is 373. The van der Waals surface area contributed by atoms with E-state index in [1.807, 2.05) is 7.05 Å². The van der Waals surface area contributed by atoms with Crippen molar-refractivity contribution in [2.24, 2.45) is 5.92 Å². The van der Waals surface area contributed by atoms with Gasteiger partial charge in [0, 0.05) is 17.5 Å². The van der Waals surface area contributed by atoms with Crippen LogP contribution >= 0.6 is 0 Å². The molecule has 1 aromatic carbocycles. The summed E-state index contributed by atoms with van der Waals surface area (Å²) in [5.74, 6) is 2.14. The summed E-state index contributed by atoms with van der Waals surface area (Å²) in [5.41, 5.74) is 2.70. The Balaban J connectivity index is 2.42. The molecule has 1 N–H and O–H groups in total. The second-order valence-electron chi connectivity index (χ2n) is 5.01. The number of benzene rings is 1. The minimum Gasteiger partial charge on any atom is -0.493 e. The van der Waals surface area contributed by atoms with Crippen molar-refractivity contribution >= 4 is 0 Å². The van der Waals surface area contributed by atoms with Crippen molar-refractivity contribution in [2.45, 2.75) is 32.7 Å². The third kappa shape index (κ3) is 1.94. The molecule has 16 heavy (non-hydrogen) atoms. The normalized spacial score (nSPS) is 24.1. The molecule has 1 aromatic rings. The van der Waals surface area contributed by atoms with Crippen LogP contribution in [0.5, 0.6) is 5.75 Å². The first-order chi connectivity index (χ1) is 7.63. The van der Waals surface area contributed by atoms with E-state index in [2.05, 4.69) is 44.3 Å². The second-order valence-corrected chi connectivity index (χ2v) is 5.01. The quantitative estimate of drug-likeness (QED) is 0.825. The fourth-order valence-electron chi connectivity index (χ4n) is 2.36. The van der Waals surface area contributed by atoms with Crippen molar-refractivity contribution in [1.82, 2.24) is 5.32 Å². The van der Waals surface area contributed by atoms with Crippen molar-refractivity contribution in [1.29, 1.82) is 0 Å². The van der Waals surface area contributed by atoms with E-state index in [9.17, 15) is 0 Å². The summed E-state index contributed by atoms with van der Waals surface area (Å²) >= 11 is 0. The molecular weight excluding hydrogens is 198 g/mol. The average Bonchev–Trinajstić information content (AvgIpc) is 2.28. The van der Waals surface area contributed by atoms with Gasteiger partial charge in [-0.3, -0.25) is 0 Å². The standard InChI is InChI=1S/C14H21NO/c1-9(2)11-5-6-13-12(7-11)14(15-4)10(3)8-16-13/h5-7,9-10,14-15H,8H2,1-4H3. The maximum atomic E-state index is 5.76. The minimum atomic E-state index is 0.419. The van der Waals surface area contributed by atoms with Crippen LogP contribution in [0.25, 0.3) is 0 Å². The highest BCUT2D eigenvalue weighted by Gasteiger charge is 2.26. The van der Waals surface area contributed by atoms with Crippen LogP contribution in [0.2, 0.25) is 0 Å². The fourth-order valence-corrected chi connectivity index (χ4v) is 2.36. The molecule has 2 unspecified atom stereocenters. The van der Waals surface area contributed by atoms with Crippen LogP contribution < -0.4 is 10.1 Å². The molecule has 2 heteroatoms. The van der Waals surface area contributed by atoms with Gasteiger partial charge in [-0.1, -0.05) is 32.9 Å². The number of nitrogens with one attached hydrogen (secondary N) is 1. The predicted molar refractivity (Wildman–Crippen MR) is 67.0 cm³/mol. The van der Waals surface area contributed by atoms with E-state index >= 15 is 0 Å². The fraction of sp³-hybridized carbons (Fsp3) is 0.571. The Morgan fingerprint density at radius 3 is 2.75 bits per heavy atom. The summed E-state index contributed by atoms with van der Waals surface area (Å²) in [4.78, 5) is 0. The molecule has 1 aliphatic rings. The molecule has 88 valence electrons. The molecule has 0 fully saturated rings. The zero-order chi connectivity index (χ0) is 11.7. The molecule has 0 aromatic heterocycles. The van der Waals surface area contributed by atoms with Crippen molar-refractivity contribution in [3.05, 3.63) is 29.3 Å². The van der Waals surface area contributed by atoms with Crippen molar-refractivity contribution in [3.63, 3.8) is 0 Å². The number of hydrogen-bond acceptors (Lipinski definition) is 2. The van der Waals surface area contributed by atoms with Crippen LogP contribution in [0.1, 0.15) is 43.9 Å². The van der Waals surface area contributed by atoms with Crippen LogP contribution in [-0.2, 0) is 0 Å². The number of ether oxygens (including phenoxy) is 1. The van der Waals surface area contributed by atoms with E-state index in [0.717, 1.165) is 12.4 Å². The lowest BCUT2D eigenvalue weighted by molar-refractivity contribution is 0.193. The van der Waals surface area contributed by atoms with Gasteiger partial charge in [0.2, 0.25) is 0 Å². The third-order valence-corrected chi connectivity index (χ3v) is 3.42. The van der Waals surface area contributed by atoms with Gasteiger partial charge in [0.25, 0.3) is 0 Å². The average molecular weight is 219 g/mol. The monoisotopic (exact) mass is 219 g/mol. The SMILES string of the molecule is CNC1c2cc(C(C)C)ccc2OCC1C. The molecule has 0 saturated carbocycles. The largest absolute Gasteiger partial charge is 0.493 e. The Kier molecular flexibility index (Phi) is 3.20. The lowest BCUT2D eigenvalue weighted by Crippen LogP contribution is -2.31. The summed E-state index contributed by atoms with van der Waals surface area (Å²) < 4.78 is 5.76. The zero-order valence-corrected chi connectivity index (χ0v) is 10.6. The maximum absolute atomic E-state index is 5.76. The molecule has 1 aliphatic heterocycles. The molecule has 2 rings (SSSR count). The summed E-state index contributed by atoms with van der Waals surface area (Å²) in [7, 11) is 2.03. The number of hydrogen-bond donors (Lipinski definition) is 1. The molecule has 0 radical (unpaired) electrons. The highest BCUT2D eigenvalue weighted by atomic mass is 16.5. The Hall–Kier alpha value is -1.02. The van der Waals surface area contributed by atoms with E-state index in [4.69, 9.17) is 4.74 Å². The number of rotatable bonds is 2. The van der Waals surface area contributed by atoms with E-state index in [1.54, 1.807) is 0 Å². The molecule has 2 atom stereocenters. The van der Waals surface area contributed by atoms with Crippen LogP contribution in [0.3, 0.4) is 0 Å². The van der Waals surface area contributed by atoms with Gasteiger partial charge in [0.1, 0.15) is 5.75 Å². The maximum Gasteiger partial charge on any atom is 0.124 e. The van der Waals surface area contributed by atoms with Crippen molar-refractivity contribution in [2.75, 3.05) is 13.7 Å². The molecule has 0 saturated heterocycles. The first kappa shape index (κ1) is 11.5. The van der Waals surface area contributed by atoms with Gasteiger partial charge in [-0.25, -0.2) is 0 Å². The van der Waals surface area contributed by atoms with E-state index in [0.29, 0.717) is 17.9 Å². The van der Waals surface area contributed by atoms with Crippen LogP contribution in [0, 0.1) is 5.92 Å². The molecule has 2 nitrogen and oxygen atoms in total. The van der Waals surface area contributed by atoms with Gasteiger partial charge in [0.05, 0.1) is 6.61 Å². The van der Waals surface area contributed by atoms with Crippen LogP contribution in [0.4, 0.5) is 0 Å². The topological polar surface area (TPSA) is 21.3 Å². The van der Waals surface area contributed by atoms with Gasteiger partial charge in [0.15, 0.2) is 0 Å². The molecule has 0 bridgehead atoms. The molecule has 1 heterocycles. The number of fused-ring (bicyclic) bond motifs is 1. The zero-order valence-electron chi connectivity index (χ0n) is 10.6. The summed E-state index contributed by atoms with van der Waals surface area (Å²) in [5, 5.41) is 3.40. The lowest BCUT2D eigenvalue weighted by atomic mass is 9.89. The van der Waals surface area contributed by atoms with Crippen molar-refractivity contribution < 1.29 is 4.74 Å². The van der Waals surface area contributed by atoms with Crippen LogP contribution in [-0.4, -0.2) is 13.7 Å². The van der Waals surface area contributed by atoms with Crippen molar-refractivity contribution in [3.8, 4) is 5.75 Å². The Labute approximate surface area is 98.0 Å². The predicted octanol–water partition coefficient (Wildman–Crippen LogP) is 3.10. The van der Waals surface area contributed by atoms with Gasteiger partial charge in [-0.15, -0.1) is 0 Å². The van der Waals surface area contributed by atoms with E-state index in [-0.39, 0.29) is 0 Å².